The molecule has 1 aromatic rings. The zero-order chi connectivity index (χ0) is 8.60. The van der Waals surface area contributed by atoms with E-state index in [2.05, 4.69) is 9.97 Å². The van der Waals surface area contributed by atoms with Crippen LogP contribution in [0.5, 0.6) is 0 Å². The molecule has 1 aromatic heterocycles. The first-order chi connectivity index (χ1) is 5.77. The Morgan fingerprint density at radius 1 is 1.58 bits per heavy atom. The van der Waals surface area contributed by atoms with Crippen LogP contribution in [0.2, 0.25) is 0 Å². The molecule has 1 saturated carbocycles. The van der Waals surface area contributed by atoms with Crippen LogP contribution in [-0.4, -0.2) is 16.5 Å². The fourth-order valence-electron chi connectivity index (χ4n) is 1.37. The molecule has 2 rings (SSSR count). The topological polar surface area (TPSA) is 51.8 Å². The van der Waals surface area contributed by atoms with Crippen molar-refractivity contribution in [3.63, 3.8) is 0 Å². The third kappa shape index (κ3) is 1.10. The van der Waals surface area contributed by atoms with Crippen molar-refractivity contribution < 1.29 is 0 Å². The second-order valence-corrected chi connectivity index (χ2v) is 3.51. The molecule has 2 N–H and O–H groups in total. The van der Waals surface area contributed by atoms with E-state index >= 15 is 0 Å². The molecule has 0 aliphatic heterocycles. The highest BCUT2D eigenvalue weighted by Crippen LogP contribution is 2.45. The van der Waals surface area contributed by atoms with Gasteiger partial charge in [0.1, 0.15) is 5.82 Å². The highest BCUT2D eigenvalue weighted by molar-refractivity contribution is 5.19. The Kier molecular flexibility index (Phi) is 1.61. The number of nitrogens with two attached hydrogens (primary N) is 1. The molecule has 1 aliphatic rings. The van der Waals surface area contributed by atoms with Crippen molar-refractivity contribution in [2.24, 2.45) is 5.73 Å². The first-order valence-electron chi connectivity index (χ1n) is 4.27. The van der Waals surface area contributed by atoms with E-state index in [0.29, 0.717) is 6.54 Å². The second-order valence-electron chi connectivity index (χ2n) is 3.51. The SMILES string of the molecule is Cc1ccnc(C2(CN)CC2)n1. The van der Waals surface area contributed by atoms with Crippen LogP contribution in [0.4, 0.5) is 0 Å². The summed E-state index contributed by atoms with van der Waals surface area (Å²) in [6.07, 6.45) is 4.10. The molecule has 0 unspecified atom stereocenters. The summed E-state index contributed by atoms with van der Waals surface area (Å²) in [5, 5.41) is 0. The molecule has 12 heavy (non-hydrogen) atoms. The molecule has 0 amide bonds. The molecule has 1 heterocycles. The minimum atomic E-state index is 0.131. The van der Waals surface area contributed by atoms with Crippen LogP contribution in [-0.2, 0) is 5.41 Å². The average Bonchev–Trinajstić information content (AvgIpc) is 2.84. The Morgan fingerprint density at radius 3 is 2.83 bits per heavy atom. The minimum absolute atomic E-state index is 0.131. The molecule has 0 radical (unpaired) electrons. The Labute approximate surface area is 72.0 Å². The molecule has 3 heteroatoms. The number of nitrogens with zero attached hydrogens (tertiary/aromatic N) is 2. The molecule has 0 atom stereocenters. The summed E-state index contributed by atoms with van der Waals surface area (Å²) in [5.74, 6) is 0.935. The lowest BCUT2D eigenvalue weighted by Gasteiger charge is -2.09. The first kappa shape index (κ1) is 7.68. The van der Waals surface area contributed by atoms with E-state index in [1.54, 1.807) is 0 Å². The Bertz CT molecular complexity index is 292. The predicted octanol–water partition coefficient (Wildman–Crippen LogP) is 0.775. The molecule has 0 aromatic carbocycles. The largest absolute Gasteiger partial charge is 0.329 e. The normalized spacial score (nSPS) is 19.2. The van der Waals surface area contributed by atoms with E-state index in [9.17, 15) is 0 Å². The van der Waals surface area contributed by atoms with Gasteiger partial charge in [-0.3, -0.25) is 0 Å². The second kappa shape index (κ2) is 2.52. The van der Waals surface area contributed by atoms with Gasteiger partial charge in [0.15, 0.2) is 0 Å². The molecular weight excluding hydrogens is 150 g/mol. The molecule has 1 aliphatic carbocycles. The number of hydrogen-bond acceptors (Lipinski definition) is 3. The number of aryl methyl sites for hydroxylation is 1. The summed E-state index contributed by atoms with van der Waals surface area (Å²) in [6, 6.07) is 1.91. The summed E-state index contributed by atoms with van der Waals surface area (Å²) >= 11 is 0. The van der Waals surface area contributed by atoms with Crippen molar-refractivity contribution in [1.82, 2.24) is 9.97 Å². The maximum Gasteiger partial charge on any atom is 0.135 e. The lowest BCUT2D eigenvalue weighted by Crippen LogP contribution is -2.22. The van der Waals surface area contributed by atoms with Crippen LogP contribution < -0.4 is 5.73 Å². The maximum absolute atomic E-state index is 5.67. The van der Waals surface area contributed by atoms with Gasteiger partial charge >= 0.3 is 0 Å². The van der Waals surface area contributed by atoms with Gasteiger partial charge in [-0.1, -0.05) is 0 Å². The Hall–Kier alpha value is -0.960. The van der Waals surface area contributed by atoms with Gasteiger partial charge in [0, 0.05) is 23.9 Å². The van der Waals surface area contributed by atoms with Crippen LogP contribution in [0.3, 0.4) is 0 Å². The summed E-state index contributed by atoms with van der Waals surface area (Å²) in [7, 11) is 0. The van der Waals surface area contributed by atoms with Crippen molar-refractivity contribution in [1.29, 1.82) is 0 Å². The molecular formula is C9H13N3. The maximum atomic E-state index is 5.67. The zero-order valence-electron chi connectivity index (χ0n) is 7.25. The van der Waals surface area contributed by atoms with E-state index in [0.717, 1.165) is 24.4 Å². The van der Waals surface area contributed by atoms with Gasteiger partial charge < -0.3 is 5.73 Å². The Morgan fingerprint density at radius 2 is 2.33 bits per heavy atom. The summed E-state index contributed by atoms with van der Waals surface area (Å²) in [4.78, 5) is 8.64. The van der Waals surface area contributed by atoms with Crippen molar-refractivity contribution in [3.05, 3.63) is 23.8 Å². The predicted molar refractivity (Wildman–Crippen MR) is 46.7 cm³/mol. The summed E-state index contributed by atoms with van der Waals surface area (Å²) in [6.45, 7) is 2.66. The molecule has 3 nitrogen and oxygen atoms in total. The third-order valence-electron chi connectivity index (χ3n) is 2.51. The van der Waals surface area contributed by atoms with Crippen molar-refractivity contribution >= 4 is 0 Å². The van der Waals surface area contributed by atoms with Crippen molar-refractivity contribution in [2.45, 2.75) is 25.2 Å². The fraction of sp³-hybridized carbons (Fsp3) is 0.556. The van der Waals surface area contributed by atoms with E-state index in [1.807, 2.05) is 19.2 Å². The Balaban J connectivity index is 2.34. The highest BCUT2D eigenvalue weighted by atomic mass is 14.9. The lowest BCUT2D eigenvalue weighted by atomic mass is 10.1. The van der Waals surface area contributed by atoms with E-state index in [1.165, 1.54) is 0 Å². The minimum Gasteiger partial charge on any atom is -0.329 e. The summed E-state index contributed by atoms with van der Waals surface area (Å²) < 4.78 is 0. The fourth-order valence-corrected chi connectivity index (χ4v) is 1.37. The van der Waals surface area contributed by atoms with Crippen LogP contribution >= 0.6 is 0 Å². The first-order valence-corrected chi connectivity index (χ1v) is 4.27. The van der Waals surface area contributed by atoms with Gasteiger partial charge in [0.25, 0.3) is 0 Å². The molecule has 0 saturated heterocycles. The van der Waals surface area contributed by atoms with Gasteiger partial charge in [0.05, 0.1) is 0 Å². The smallest absolute Gasteiger partial charge is 0.135 e. The van der Waals surface area contributed by atoms with Crippen LogP contribution in [0.25, 0.3) is 0 Å². The third-order valence-corrected chi connectivity index (χ3v) is 2.51. The highest BCUT2D eigenvalue weighted by Gasteiger charge is 2.45. The van der Waals surface area contributed by atoms with Crippen LogP contribution in [0.15, 0.2) is 12.3 Å². The lowest BCUT2D eigenvalue weighted by molar-refractivity contribution is 0.645. The van der Waals surface area contributed by atoms with Crippen molar-refractivity contribution in [2.75, 3.05) is 6.54 Å². The van der Waals surface area contributed by atoms with Crippen LogP contribution in [0, 0.1) is 6.92 Å². The standard InChI is InChI=1S/C9H13N3/c1-7-2-5-11-8(12-7)9(6-10)3-4-9/h2,5H,3-4,6,10H2,1H3. The van der Waals surface area contributed by atoms with Gasteiger partial charge in [-0.25, -0.2) is 9.97 Å². The van der Waals surface area contributed by atoms with Gasteiger partial charge in [-0.15, -0.1) is 0 Å². The number of hydrogen-bond donors (Lipinski definition) is 1. The van der Waals surface area contributed by atoms with Gasteiger partial charge in [-0.2, -0.15) is 0 Å². The van der Waals surface area contributed by atoms with E-state index < -0.39 is 0 Å². The average molecular weight is 163 g/mol. The zero-order valence-corrected chi connectivity index (χ0v) is 7.25. The monoisotopic (exact) mass is 163 g/mol. The summed E-state index contributed by atoms with van der Waals surface area (Å²) in [5.41, 5.74) is 6.83. The molecule has 1 fully saturated rings. The number of rotatable bonds is 2. The van der Waals surface area contributed by atoms with Crippen molar-refractivity contribution in [3.8, 4) is 0 Å². The van der Waals surface area contributed by atoms with Gasteiger partial charge in [-0.05, 0) is 25.8 Å². The molecule has 0 spiro atoms. The van der Waals surface area contributed by atoms with E-state index in [4.69, 9.17) is 5.73 Å². The molecule has 0 bridgehead atoms. The van der Waals surface area contributed by atoms with Crippen LogP contribution in [0.1, 0.15) is 24.4 Å². The van der Waals surface area contributed by atoms with E-state index in [-0.39, 0.29) is 5.41 Å². The van der Waals surface area contributed by atoms with Gasteiger partial charge in [0.2, 0.25) is 0 Å². The molecule has 64 valence electrons. The quantitative estimate of drug-likeness (QED) is 0.700. The number of aromatic nitrogens is 2.